The van der Waals surface area contributed by atoms with Crippen LogP contribution in [0, 0.1) is 0 Å². The Hall–Kier alpha value is -2.96. The molecule has 0 unspecified atom stereocenters. The topological polar surface area (TPSA) is 56.1 Å². The standard InChI is InChI=1S/C23H18ClN3O2S/c1-29-21-11-15-5-3-2-4-14(15)10-18(21)23(28)25-22-19-12-30-13-20(19)26-27(22)17-8-6-16(24)7-9-17/h2-11H,12-13H2,1H3,(H,25,28). The Bertz CT molecular complexity index is 1270. The van der Waals surface area contributed by atoms with E-state index in [0.717, 1.165) is 39.2 Å². The molecule has 5 rings (SSSR count). The lowest BCUT2D eigenvalue weighted by Crippen LogP contribution is -2.17. The van der Waals surface area contributed by atoms with Crippen molar-refractivity contribution in [2.24, 2.45) is 0 Å². The maximum absolute atomic E-state index is 13.3. The van der Waals surface area contributed by atoms with Crippen LogP contribution in [0.3, 0.4) is 0 Å². The van der Waals surface area contributed by atoms with E-state index in [2.05, 4.69) is 5.32 Å². The number of carbonyl (C=O) groups excluding carboxylic acids is 1. The molecule has 1 aliphatic rings. The molecule has 7 heteroatoms. The number of nitrogens with zero attached hydrogens (tertiary/aromatic N) is 2. The molecule has 2 heterocycles. The van der Waals surface area contributed by atoms with E-state index in [9.17, 15) is 4.79 Å². The highest BCUT2D eigenvalue weighted by atomic mass is 35.5. The summed E-state index contributed by atoms with van der Waals surface area (Å²) in [6.07, 6.45) is 0. The third kappa shape index (κ3) is 3.32. The lowest BCUT2D eigenvalue weighted by Gasteiger charge is -2.14. The Morgan fingerprint density at radius 1 is 1.10 bits per heavy atom. The minimum atomic E-state index is -0.229. The van der Waals surface area contributed by atoms with E-state index < -0.39 is 0 Å². The van der Waals surface area contributed by atoms with Crippen LogP contribution in [0.5, 0.6) is 5.75 Å². The van der Waals surface area contributed by atoms with Gasteiger partial charge in [-0.1, -0.05) is 35.9 Å². The Morgan fingerprint density at radius 3 is 2.57 bits per heavy atom. The summed E-state index contributed by atoms with van der Waals surface area (Å²) in [7, 11) is 1.58. The smallest absolute Gasteiger partial charge is 0.260 e. The van der Waals surface area contributed by atoms with Crippen LogP contribution in [0.2, 0.25) is 5.02 Å². The molecule has 0 bridgehead atoms. The van der Waals surface area contributed by atoms with Crippen LogP contribution >= 0.6 is 23.4 Å². The predicted octanol–water partition coefficient (Wildman–Crippen LogP) is 5.69. The molecular weight excluding hydrogens is 418 g/mol. The fourth-order valence-corrected chi connectivity index (χ4v) is 4.81. The second kappa shape index (κ2) is 7.70. The van der Waals surface area contributed by atoms with Crippen LogP contribution < -0.4 is 10.1 Å². The van der Waals surface area contributed by atoms with Gasteiger partial charge in [0.1, 0.15) is 11.6 Å². The van der Waals surface area contributed by atoms with E-state index in [1.165, 1.54) is 0 Å². The molecule has 0 spiro atoms. The monoisotopic (exact) mass is 435 g/mol. The molecule has 150 valence electrons. The number of ether oxygens (including phenoxy) is 1. The van der Waals surface area contributed by atoms with Gasteiger partial charge < -0.3 is 10.1 Å². The van der Waals surface area contributed by atoms with Gasteiger partial charge in [-0.05, 0) is 47.2 Å². The van der Waals surface area contributed by atoms with Crippen molar-refractivity contribution in [1.82, 2.24) is 9.78 Å². The van der Waals surface area contributed by atoms with Crippen molar-refractivity contribution in [3.8, 4) is 11.4 Å². The van der Waals surface area contributed by atoms with Crippen LogP contribution in [0.15, 0.2) is 60.7 Å². The molecule has 1 aliphatic heterocycles. The maximum atomic E-state index is 13.3. The van der Waals surface area contributed by atoms with Crippen molar-refractivity contribution in [3.05, 3.63) is 82.5 Å². The quantitative estimate of drug-likeness (QED) is 0.447. The fraction of sp³-hybridized carbons (Fsp3) is 0.130. The Morgan fingerprint density at radius 2 is 1.83 bits per heavy atom. The van der Waals surface area contributed by atoms with Gasteiger partial charge in [-0.15, -0.1) is 0 Å². The zero-order valence-electron chi connectivity index (χ0n) is 16.2. The number of hydrogen-bond acceptors (Lipinski definition) is 4. The normalized spacial score (nSPS) is 12.7. The number of amides is 1. The Labute approximate surface area is 183 Å². The number of hydrogen-bond donors (Lipinski definition) is 1. The van der Waals surface area contributed by atoms with Gasteiger partial charge >= 0.3 is 0 Å². The average Bonchev–Trinajstić information content (AvgIpc) is 3.36. The highest BCUT2D eigenvalue weighted by Gasteiger charge is 2.26. The van der Waals surface area contributed by atoms with Crippen molar-refractivity contribution in [2.45, 2.75) is 11.5 Å². The van der Waals surface area contributed by atoms with Gasteiger partial charge in [-0.2, -0.15) is 16.9 Å². The molecule has 1 amide bonds. The number of aromatic nitrogens is 2. The maximum Gasteiger partial charge on any atom is 0.260 e. The average molecular weight is 436 g/mol. The van der Waals surface area contributed by atoms with E-state index in [1.54, 1.807) is 23.6 Å². The second-order valence-corrected chi connectivity index (χ2v) is 8.43. The Kier molecular flexibility index (Phi) is 4.89. The van der Waals surface area contributed by atoms with Gasteiger partial charge in [0.2, 0.25) is 0 Å². The van der Waals surface area contributed by atoms with Gasteiger partial charge in [0.25, 0.3) is 5.91 Å². The van der Waals surface area contributed by atoms with Gasteiger partial charge in [0, 0.05) is 22.1 Å². The highest BCUT2D eigenvalue weighted by Crippen LogP contribution is 2.37. The number of rotatable bonds is 4. The van der Waals surface area contributed by atoms with Gasteiger partial charge in [0.15, 0.2) is 0 Å². The summed E-state index contributed by atoms with van der Waals surface area (Å²) in [6, 6.07) is 19.1. The first kappa shape index (κ1) is 19.0. The van der Waals surface area contributed by atoms with Crippen molar-refractivity contribution in [3.63, 3.8) is 0 Å². The first-order chi connectivity index (χ1) is 14.6. The number of nitrogens with one attached hydrogen (secondary N) is 1. The molecule has 0 atom stereocenters. The molecule has 0 aliphatic carbocycles. The zero-order chi connectivity index (χ0) is 20.7. The summed E-state index contributed by atoms with van der Waals surface area (Å²) in [5.74, 6) is 2.64. The number of thioether (sulfide) groups is 1. The van der Waals surface area contributed by atoms with E-state index in [4.69, 9.17) is 21.4 Å². The van der Waals surface area contributed by atoms with Crippen LogP contribution in [0.1, 0.15) is 21.6 Å². The zero-order valence-corrected chi connectivity index (χ0v) is 17.8. The first-order valence-corrected chi connectivity index (χ1v) is 11.0. The summed E-state index contributed by atoms with van der Waals surface area (Å²) in [5, 5.41) is 10.5. The molecule has 0 saturated carbocycles. The third-order valence-electron chi connectivity index (χ3n) is 5.17. The summed E-state index contributed by atoms with van der Waals surface area (Å²) in [6.45, 7) is 0. The van der Waals surface area contributed by atoms with Gasteiger partial charge in [-0.3, -0.25) is 4.79 Å². The van der Waals surface area contributed by atoms with Gasteiger partial charge in [0.05, 0.1) is 24.1 Å². The summed E-state index contributed by atoms with van der Waals surface area (Å²) >= 11 is 7.83. The minimum absolute atomic E-state index is 0.229. The van der Waals surface area contributed by atoms with Crippen molar-refractivity contribution >= 4 is 45.9 Å². The fourth-order valence-electron chi connectivity index (χ4n) is 3.65. The summed E-state index contributed by atoms with van der Waals surface area (Å²) < 4.78 is 7.30. The molecule has 4 aromatic rings. The predicted molar refractivity (Wildman–Crippen MR) is 122 cm³/mol. The molecule has 1 aromatic heterocycles. The van der Waals surface area contributed by atoms with Crippen LogP contribution in [0.4, 0.5) is 5.82 Å². The first-order valence-electron chi connectivity index (χ1n) is 9.46. The molecule has 0 saturated heterocycles. The van der Waals surface area contributed by atoms with Crippen molar-refractivity contribution in [1.29, 1.82) is 0 Å². The number of fused-ring (bicyclic) bond motifs is 2. The van der Waals surface area contributed by atoms with E-state index in [-0.39, 0.29) is 5.91 Å². The molecule has 30 heavy (non-hydrogen) atoms. The molecule has 3 aromatic carbocycles. The number of methoxy groups -OCH3 is 1. The van der Waals surface area contributed by atoms with Crippen molar-refractivity contribution < 1.29 is 9.53 Å². The minimum Gasteiger partial charge on any atom is -0.496 e. The lowest BCUT2D eigenvalue weighted by molar-refractivity contribution is 0.102. The highest BCUT2D eigenvalue weighted by molar-refractivity contribution is 7.98. The largest absolute Gasteiger partial charge is 0.496 e. The number of benzene rings is 3. The van der Waals surface area contributed by atoms with Crippen LogP contribution in [-0.2, 0) is 11.5 Å². The number of anilines is 1. The molecule has 0 radical (unpaired) electrons. The van der Waals surface area contributed by atoms with E-state index in [0.29, 0.717) is 22.2 Å². The molecule has 1 N–H and O–H groups in total. The second-order valence-electron chi connectivity index (χ2n) is 7.01. The Balaban J connectivity index is 1.57. The molecule has 0 fully saturated rings. The number of carbonyl (C=O) groups is 1. The van der Waals surface area contributed by atoms with Gasteiger partial charge in [-0.25, -0.2) is 4.68 Å². The number of halogens is 1. The summed E-state index contributed by atoms with van der Waals surface area (Å²) in [5.41, 5.74) is 3.39. The van der Waals surface area contributed by atoms with Crippen LogP contribution in [-0.4, -0.2) is 22.8 Å². The van der Waals surface area contributed by atoms with E-state index in [1.807, 2.05) is 60.7 Å². The molecular formula is C23H18ClN3O2S. The molecule has 5 nitrogen and oxygen atoms in total. The van der Waals surface area contributed by atoms with Crippen molar-refractivity contribution in [2.75, 3.05) is 12.4 Å². The summed E-state index contributed by atoms with van der Waals surface area (Å²) in [4.78, 5) is 13.3. The SMILES string of the molecule is COc1cc2ccccc2cc1C(=O)Nc1c2c(nn1-c1ccc(Cl)cc1)CSC2. The lowest BCUT2D eigenvalue weighted by atomic mass is 10.1. The van der Waals surface area contributed by atoms with Crippen LogP contribution in [0.25, 0.3) is 16.5 Å². The third-order valence-corrected chi connectivity index (χ3v) is 6.39. The van der Waals surface area contributed by atoms with E-state index >= 15 is 0 Å².